The van der Waals surface area contributed by atoms with Crippen LogP contribution in [0.5, 0.6) is 0 Å². The molecule has 1 aliphatic rings. The van der Waals surface area contributed by atoms with E-state index in [9.17, 15) is 19.2 Å². The Morgan fingerprint density at radius 3 is 1.81 bits per heavy atom. The van der Waals surface area contributed by atoms with Gasteiger partial charge in [0.05, 0.1) is 23.5 Å². The summed E-state index contributed by atoms with van der Waals surface area (Å²) >= 11 is 0. The number of aromatic carboxylic acids is 2. The predicted molar refractivity (Wildman–Crippen MR) is 116 cm³/mol. The van der Waals surface area contributed by atoms with Crippen molar-refractivity contribution in [2.75, 3.05) is 0 Å². The second-order valence-corrected chi connectivity index (χ2v) is 7.48. The molecule has 0 saturated carbocycles. The average Bonchev–Trinajstić information content (AvgIpc) is 3.06. The molecule has 1 atom stereocenters. The van der Waals surface area contributed by atoms with Crippen molar-refractivity contribution in [3.05, 3.63) is 47.5 Å². The van der Waals surface area contributed by atoms with Crippen molar-refractivity contribution in [3.63, 3.8) is 0 Å². The van der Waals surface area contributed by atoms with E-state index in [1.165, 1.54) is 75.6 Å². The van der Waals surface area contributed by atoms with Crippen molar-refractivity contribution >= 4 is 23.9 Å². The van der Waals surface area contributed by atoms with Crippen LogP contribution in [0.15, 0.2) is 36.4 Å². The fourth-order valence-electron chi connectivity index (χ4n) is 3.05. The Bertz CT molecular complexity index is 717. The highest BCUT2D eigenvalue weighted by Crippen LogP contribution is 2.18. The molecule has 1 aromatic rings. The number of hydrogen-bond acceptors (Lipinski definition) is 5. The zero-order chi connectivity index (χ0) is 23.1. The maximum Gasteiger partial charge on any atom is 0.335 e. The van der Waals surface area contributed by atoms with Crippen LogP contribution in [0.25, 0.3) is 0 Å². The van der Waals surface area contributed by atoms with Crippen LogP contribution in [0, 0.1) is 5.92 Å². The van der Waals surface area contributed by atoms with Crippen LogP contribution in [0.1, 0.15) is 91.8 Å². The summed E-state index contributed by atoms with van der Waals surface area (Å²) in [6.45, 7) is 2.24. The molecule has 1 aromatic carbocycles. The summed E-state index contributed by atoms with van der Waals surface area (Å²) in [4.78, 5) is 42.7. The molecule has 1 unspecified atom stereocenters. The number of benzene rings is 1. The summed E-state index contributed by atoms with van der Waals surface area (Å²) in [7, 11) is 0. The van der Waals surface area contributed by atoms with Crippen molar-refractivity contribution in [2.24, 2.45) is 5.92 Å². The van der Waals surface area contributed by atoms with Gasteiger partial charge in [0, 0.05) is 0 Å². The molecule has 31 heavy (non-hydrogen) atoms. The van der Waals surface area contributed by atoms with E-state index < -0.39 is 23.9 Å². The second kappa shape index (κ2) is 14.9. The smallest absolute Gasteiger partial charge is 0.335 e. The molecule has 0 aliphatic carbocycles. The maximum atomic E-state index is 11.2. The first-order valence-corrected chi connectivity index (χ1v) is 10.8. The molecule has 0 aromatic heterocycles. The lowest BCUT2D eigenvalue weighted by Crippen LogP contribution is -2.03. The van der Waals surface area contributed by atoms with Gasteiger partial charge in [-0.05, 0) is 37.1 Å². The third-order valence-corrected chi connectivity index (χ3v) is 4.88. The van der Waals surface area contributed by atoms with Gasteiger partial charge < -0.3 is 14.9 Å². The van der Waals surface area contributed by atoms with Crippen molar-refractivity contribution in [1.29, 1.82) is 0 Å². The fraction of sp³-hybridized carbons (Fsp3) is 0.500. The van der Waals surface area contributed by atoms with Gasteiger partial charge in [0.2, 0.25) is 0 Å². The Balaban J connectivity index is 0.000000343. The zero-order valence-electron chi connectivity index (χ0n) is 18.0. The normalized spacial score (nSPS) is 15.5. The summed E-state index contributed by atoms with van der Waals surface area (Å²) < 4.78 is 4.49. The first-order chi connectivity index (χ1) is 14.8. The van der Waals surface area contributed by atoms with Crippen LogP contribution >= 0.6 is 0 Å². The number of hydrogen-bond donors (Lipinski definition) is 2. The van der Waals surface area contributed by atoms with Gasteiger partial charge in [-0.2, -0.15) is 0 Å². The first kappa shape index (κ1) is 26.1. The van der Waals surface area contributed by atoms with Crippen LogP contribution in [0.2, 0.25) is 0 Å². The molecule has 170 valence electrons. The number of cyclic esters (lactones) is 2. The van der Waals surface area contributed by atoms with E-state index in [2.05, 4.69) is 11.7 Å². The summed E-state index contributed by atoms with van der Waals surface area (Å²) in [5.41, 5.74) is 0.167. The van der Waals surface area contributed by atoms with Crippen LogP contribution in [-0.2, 0) is 14.3 Å². The highest BCUT2D eigenvalue weighted by atomic mass is 16.6. The predicted octanol–water partition coefficient (Wildman–Crippen LogP) is 5.25. The largest absolute Gasteiger partial charge is 0.478 e. The number of ether oxygens (including phenoxy) is 1. The molecular formula is C24H32O7. The second-order valence-electron chi connectivity index (χ2n) is 7.48. The molecule has 1 saturated heterocycles. The summed E-state index contributed by atoms with van der Waals surface area (Å²) in [6.07, 6.45) is 15.5. The minimum Gasteiger partial charge on any atom is -0.478 e. The molecule has 7 nitrogen and oxygen atoms in total. The van der Waals surface area contributed by atoms with Gasteiger partial charge in [0.1, 0.15) is 0 Å². The maximum absolute atomic E-state index is 11.2. The van der Waals surface area contributed by atoms with E-state index >= 15 is 0 Å². The van der Waals surface area contributed by atoms with Crippen LogP contribution in [0.4, 0.5) is 0 Å². The van der Waals surface area contributed by atoms with Crippen LogP contribution < -0.4 is 0 Å². The highest BCUT2D eigenvalue weighted by molar-refractivity contribution is 5.95. The van der Waals surface area contributed by atoms with Crippen molar-refractivity contribution < 1.29 is 34.1 Å². The van der Waals surface area contributed by atoms with Gasteiger partial charge in [0.15, 0.2) is 0 Å². The quantitative estimate of drug-likeness (QED) is 0.200. The number of carbonyl (C=O) groups excluding carboxylic acids is 2. The van der Waals surface area contributed by atoms with E-state index in [0.29, 0.717) is 0 Å². The van der Waals surface area contributed by atoms with E-state index in [1.54, 1.807) is 0 Å². The van der Waals surface area contributed by atoms with Crippen molar-refractivity contribution in [2.45, 2.75) is 71.1 Å². The Labute approximate surface area is 183 Å². The molecule has 1 heterocycles. The van der Waals surface area contributed by atoms with Crippen molar-refractivity contribution in [3.8, 4) is 0 Å². The van der Waals surface area contributed by atoms with Crippen LogP contribution in [-0.4, -0.2) is 34.1 Å². The first-order valence-electron chi connectivity index (χ1n) is 10.8. The van der Waals surface area contributed by atoms with Gasteiger partial charge in [-0.1, -0.05) is 64.0 Å². The third-order valence-electron chi connectivity index (χ3n) is 4.88. The highest BCUT2D eigenvalue weighted by Gasteiger charge is 2.30. The molecule has 0 bridgehead atoms. The van der Waals surface area contributed by atoms with Gasteiger partial charge >= 0.3 is 23.9 Å². The molecule has 0 radical (unpaired) electrons. The average molecular weight is 433 g/mol. The molecular weight excluding hydrogens is 400 g/mol. The molecule has 1 fully saturated rings. The van der Waals surface area contributed by atoms with E-state index in [-0.39, 0.29) is 23.5 Å². The molecule has 1 aliphatic heterocycles. The van der Waals surface area contributed by atoms with E-state index in [4.69, 9.17) is 10.2 Å². The number of allylic oxidation sites excluding steroid dienone is 1. The fourth-order valence-corrected chi connectivity index (χ4v) is 3.05. The van der Waals surface area contributed by atoms with Crippen LogP contribution in [0.3, 0.4) is 0 Å². The Kier molecular flexibility index (Phi) is 12.6. The Morgan fingerprint density at radius 2 is 1.39 bits per heavy atom. The molecule has 0 spiro atoms. The summed E-state index contributed by atoms with van der Waals surface area (Å²) in [5, 5.41) is 16.9. The molecule has 7 heteroatoms. The number of rotatable bonds is 12. The monoisotopic (exact) mass is 432 g/mol. The van der Waals surface area contributed by atoms with Crippen molar-refractivity contribution in [1.82, 2.24) is 0 Å². The summed E-state index contributed by atoms with van der Waals surface area (Å²) in [6, 6.07) is 5.02. The van der Waals surface area contributed by atoms with E-state index in [1.807, 2.05) is 12.2 Å². The lowest BCUT2D eigenvalue weighted by molar-refractivity contribution is -0.152. The minimum atomic E-state index is -1.06. The standard InChI is InChI=1S/C16H26O3.C8H6O4/c1-2-3-4-5-6-7-8-9-10-11-12-14-13-15(17)19-16(14)18;9-7(10)5-1-2-6(4-3-5)8(11)12/h11-12,14H,2-10,13H2,1H3;1-4H,(H,9,10)(H,11,12). The van der Waals surface area contributed by atoms with Gasteiger partial charge in [-0.25, -0.2) is 9.59 Å². The Hall–Kier alpha value is -2.96. The van der Waals surface area contributed by atoms with E-state index in [0.717, 1.165) is 6.42 Å². The number of carbonyl (C=O) groups is 4. The number of carboxylic acid groups (broad SMARTS) is 2. The SMILES string of the molecule is CCCCCCCCCCC=CC1CC(=O)OC1=O.O=C(O)c1ccc(C(=O)O)cc1. The minimum absolute atomic E-state index is 0.0833. The third kappa shape index (κ3) is 11.1. The lowest BCUT2D eigenvalue weighted by atomic mass is 10.0. The zero-order valence-corrected chi connectivity index (χ0v) is 18.0. The lowest BCUT2D eigenvalue weighted by Gasteiger charge is -2.00. The Morgan fingerprint density at radius 1 is 0.903 bits per heavy atom. The molecule has 2 N–H and O–H groups in total. The number of carboxylic acids is 2. The molecule has 2 rings (SSSR count). The number of unbranched alkanes of at least 4 members (excludes halogenated alkanes) is 8. The topological polar surface area (TPSA) is 118 Å². The number of esters is 2. The van der Waals surface area contributed by atoms with Gasteiger partial charge in [-0.15, -0.1) is 0 Å². The molecule has 0 amide bonds. The summed E-state index contributed by atoms with van der Waals surface area (Å²) in [5.74, 6) is -3.25. The van der Waals surface area contributed by atoms with Gasteiger partial charge in [-0.3, -0.25) is 9.59 Å². The van der Waals surface area contributed by atoms with Gasteiger partial charge in [0.25, 0.3) is 0 Å².